The third-order valence-electron chi connectivity index (χ3n) is 2.93. The fourth-order valence-electron chi connectivity index (χ4n) is 1.60. The molecule has 1 rings (SSSR count). The van der Waals surface area contributed by atoms with Crippen LogP contribution in [-0.2, 0) is 11.2 Å². The van der Waals surface area contributed by atoms with Gasteiger partial charge in [-0.3, -0.25) is 4.79 Å². The maximum atomic E-state index is 11.1. The van der Waals surface area contributed by atoms with Crippen molar-refractivity contribution in [3.8, 4) is 5.75 Å². The molecule has 0 amide bonds. The molecule has 0 saturated carbocycles. The van der Waals surface area contributed by atoms with E-state index in [1.54, 1.807) is 6.92 Å². The normalized spacial score (nSPS) is 12.2. The summed E-state index contributed by atoms with van der Waals surface area (Å²) in [5.74, 6) is 1.35. The van der Waals surface area contributed by atoms with Crippen molar-refractivity contribution in [2.75, 3.05) is 6.61 Å². The number of aryl methyl sites for hydroxylation is 1. The quantitative estimate of drug-likeness (QED) is 0.720. The molecule has 0 fully saturated rings. The number of carbonyl (C=O) groups is 1. The van der Waals surface area contributed by atoms with Crippen LogP contribution in [0.15, 0.2) is 24.3 Å². The third kappa shape index (κ3) is 5.03. The van der Waals surface area contributed by atoms with Crippen molar-refractivity contribution in [2.24, 2.45) is 5.92 Å². The minimum atomic E-state index is 0.148. The van der Waals surface area contributed by atoms with E-state index in [1.807, 2.05) is 19.1 Å². The molecule has 0 aliphatic heterocycles. The van der Waals surface area contributed by atoms with E-state index in [0.717, 1.165) is 31.6 Å². The highest BCUT2D eigenvalue weighted by Gasteiger charge is 2.07. The number of ether oxygens (including phenoxy) is 1. The van der Waals surface area contributed by atoms with Crippen LogP contribution in [0, 0.1) is 5.92 Å². The van der Waals surface area contributed by atoms with Gasteiger partial charge in [0.2, 0.25) is 0 Å². The highest BCUT2D eigenvalue weighted by Crippen LogP contribution is 2.17. The van der Waals surface area contributed by atoms with Crippen molar-refractivity contribution < 1.29 is 9.53 Å². The molecule has 0 radical (unpaired) electrons. The number of rotatable bonds is 7. The van der Waals surface area contributed by atoms with Crippen LogP contribution < -0.4 is 4.74 Å². The number of carbonyl (C=O) groups excluding carboxylic acids is 1. The molecule has 0 heterocycles. The average molecular weight is 234 g/mol. The van der Waals surface area contributed by atoms with Crippen LogP contribution in [0.2, 0.25) is 0 Å². The topological polar surface area (TPSA) is 26.3 Å². The largest absolute Gasteiger partial charge is 0.494 e. The Kier molecular flexibility index (Phi) is 5.75. The van der Waals surface area contributed by atoms with Crippen LogP contribution in [0.25, 0.3) is 0 Å². The van der Waals surface area contributed by atoms with Gasteiger partial charge in [-0.05, 0) is 43.9 Å². The fourth-order valence-corrected chi connectivity index (χ4v) is 1.60. The molecule has 0 aliphatic carbocycles. The smallest absolute Gasteiger partial charge is 0.132 e. The van der Waals surface area contributed by atoms with E-state index in [4.69, 9.17) is 4.74 Å². The second-order valence-corrected chi connectivity index (χ2v) is 4.55. The first kappa shape index (κ1) is 13.8. The lowest BCUT2D eigenvalue weighted by atomic mass is 9.98. The first-order chi connectivity index (χ1) is 8.13. The number of hydrogen-bond donors (Lipinski definition) is 0. The van der Waals surface area contributed by atoms with E-state index < -0.39 is 0 Å². The second-order valence-electron chi connectivity index (χ2n) is 4.55. The van der Waals surface area contributed by atoms with E-state index in [1.165, 1.54) is 5.56 Å². The standard InChI is InChI=1S/C15H22O2/c1-4-10-17-15-7-5-6-14(11-15)9-8-12(2)13(3)16/h5-7,11-12H,4,8-10H2,1-3H3. The summed E-state index contributed by atoms with van der Waals surface area (Å²) in [5.41, 5.74) is 1.24. The molecular formula is C15H22O2. The Hall–Kier alpha value is -1.31. The second kappa shape index (κ2) is 7.10. The van der Waals surface area contributed by atoms with Gasteiger partial charge in [-0.1, -0.05) is 26.0 Å². The maximum absolute atomic E-state index is 11.1. The highest BCUT2D eigenvalue weighted by atomic mass is 16.5. The summed E-state index contributed by atoms with van der Waals surface area (Å²) in [4.78, 5) is 11.1. The van der Waals surface area contributed by atoms with Gasteiger partial charge < -0.3 is 4.74 Å². The summed E-state index contributed by atoms with van der Waals surface area (Å²) in [7, 11) is 0. The molecule has 0 aromatic heterocycles. The van der Waals surface area contributed by atoms with Crippen LogP contribution in [0.5, 0.6) is 5.75 Å². The Morgan fingerprint density at radius 2 is 2.18 bits per heavy atom. The van der Waals surface area contributed by atoms with Crippen molar-refractivity contribution in [1.82, 2.24) is 0 Å². The van der Waals surface area contributed by atoms with Crippen molar-refractivity contribution >= 4 is 5.78 Å². The molecule has 0 aliphatic rings. The first-order valence-electron chi connectivity index (χ1n) is 6.35. The lowest BCUT2D eigenvalue weighted by Gasteiger charge is -2.09. The molecule has 0 spiro atoms. The van der Waals surface area contributed by atoms with E-state index >= 15 is 0 Å². The van der Waals surface area contributed by atoms with Gasteiger partial charge in [-0.2, -0.15) is 0 Å². The number of ketones is 1. The predicted molar refractivity (Wildman–Crippen MR) is 70.4 cm³/mol. The van der Waals surface area contributed by atoms with Crippen LogP contribution >= 0.6 is 0 Å². The summed E-state index contributed by atoms with van der Waals surface area (Å²) in [6.07, 6.45) is 2.86. The van der Waals surface area contributed by atoms with Gasteiger partial charge >= 0.3 is 0 Å². The van der Waals surface area contributed by atoms with Crippen molar-refractivity contribution in [2.45, 2.75) is 40.0 Å². The Morgan fingerprint density at radius 1 is 1.41 bits per heavy atom. The van der Waals surface area contributed by atoms with Gasteiger partial charge in [0.05, 0.1) is 6.61 Å². The molecule has 1 aromatic carbocycles. The molecule has 94 valence electrons. The molecule has 2 nitrogen and oxygen atoms in total. The van der Waals surface area contributed by atoms with Gasteiger partial charge in [-0.25, -0.2) is 0 Å². The fraction of sp³-hybridized carbons (Fsp3) is 0.533. The van der Waals surface area contributed by atoms with E-state index in [2.05, 4.69) is 19.1 Å². The monoisotopic (exact) mass is 234 g/mol. The number of Topliss-reactive ketones (excluding diaryl/α,β-unsaturated/α-hetero) is 1. The van der Waals surface area contributed by atoms with Gasteiger partial charge in [0.1, 0.15) is 11.5 Å². The summed E-state index contributed by atoms with van der Waals surface area (Å²) in [6, 6.07) is 8.15. The molecule has 1 atom stereocenters. The Balaban J connectivity index is 2.50. The van der Waals surface area contributed by atoms with Gasteiger partial charge in [0.15, 0.2) is 0 Å². The average Bonchev–Trinajstić information content (AvgIpc) is 2.33. The Morgan fingerprint density at radius 3 is 2.82 bits per heavy atom. The van der Waals surface area contributed by atoms with Gasteiger partial charge in [-0.15, -0.1) is 0 Å². The zero-order valence-electron chi connectivity index (χ0n) is 11.0. The van der Waals surface area contributed by atoms with Crippen molar-refractivity contribution in [3.63, 3.8) is 0 Å². The van der Waals surface area contributed by atoms with Crippen LogP contribution in [-0.4, -0.2) is 12.4 Å². The van der Waals surface area contributed by atoms with Crippen molar-refractivity contribution in [1.29, 1.82) is 0 Å². The molecule has 0 N–H and O–H groups in total. The van der Waals surface area contributed by atoms with Crippen LogP contribution in [0.3, 0.4) is 0 Å². The lowest BCUT2D eigenvalue weighted by molar-refractivity contribution is -0.120. The minimum Gasteiger partial charge on any atom is -0.494 e. The van der Waals surface area contributed by atoms with Gasteiger partial charge in [0.25, 0.3) is 0 Å². The van der Waals surface area contributed by atoms with Crippen molar-refractivity contribution in [3.05, 3.63) is 29.8 Å². The van der Waals surface area contributed by atoms with Crippen LogP contribution in [0.4, 0.5) is 0 Å². The summed E-state index contributed by atoms with van der Waals surface area (Å²) < 4.78 is 5.58. The molecule has 17 heavy (non-hydrogen) atoms. The molecule has 2 heteroatoms. The maximum Gasteiger partial charge on any atom is 0.132 e. The zero-order chi connectivity index (χ0) is 12.7. The highest BCUT2D eigenvalue weighted by molar-refractivity contribution is 5.77. The molecule has 0 saturated heterocycles. The first-order valence-corrected chi connectivity index (χ1v) is 6.35. The van der Waals surface area contributed by atoms with Gasteiger partial charge in [0, 0.05) is 5.92 Å². The van der Waals surface area contributed by atoms with Crippen LogP contribution in [0.1, 0.15) is 39.2 Å². The molecule has 1 unspecified atom stereocenters. The zero-order valence-corrected chi connectivity index (χ0v) is 11.0. The third-order valence-corrected chi connectivity index (χ3v) is 2.93. The van der Waals surface area contributed by atoms with E-state index in [9.17, 15) is 4.79 Å². The summed E-state index contributed by atoms with van der Waals surface area (Å²) >= 11 is 0. The summed E-state index contributed by atoms with van der Waals surface area (Å²) in [6.45, 7) is 6.50. The van der Waals surface area contributed by atoms with E-state index in [-0.39, 0.29) is 11.7 Å². The lowest BCUT2D eigenvalue weighted by Crippen LogP contribution is -2.07. The SMILES string of the molecule is CCCOc1cccc(CCC(C)C(C)=O)c1. The van der Waals surface area contributed by atoms with E-state index in [0.29, 0.717) is 0 Å². The number of benzene rings is 1. The molecular weight excluding hydrogens is 212 g/mol. The Labute approximate surface area is 104 Å². The minimum absolute atomic E-state index is 0.148. The molecule has 1 aromatic rings. The number of hydrogen-bond acceptors (Lipinski definition) is 2. The molecule has 0 bridgehead atoms. The predicted octanol–water partition coefficient (Wildman–Crippen LogP) is 3.63. The Bertz CT molecular complexity index is 358. The summed E-state index contributed by atoms with van der Waals surface area (Å²) in [5, 5.41) is 0.